The number of alkyl halides is 1. The van der Waals surface area contributed by atoms with E-state index in [-0.39, 0.29) is 0 Å². The second kappa shape index (κ2) is 4.38. The lowest BCUT2D eigenvalue weighted by molar-refractivity contribution is 0.176. The first kappa shape index (κ1) is 10.7. The third kappa shape index (κ3) is 2.23. The number of halogens is 1. The van der Waals surface area contributed by atoms with Crippen LogP contribution in [0.15, 0.2) is 0 Å². The van der Waals surface area contributed by atoms with Crippen molar-refractivity contribution in [1.82, 2.24) is 4.90 Å². The van der Waals surface area contributed by atoms with Crippen molar-refractivity contribution in [2.75, 3.05) is 25.5 Å². The predicted octanol–water partition coefficient (Wildman–Crippen LogP) is 1.82. The van der Waals surface area contributed by atoms with Crippen LogP contribution in [-0.2, 0) is 0 Å². The van der Waals surface area contributed by atoms with Gasteiger partial charge in [-0.25, -0.2) is 0 Å². The van der Waals surface area contributed by atoms with Gasteiger partial charge in [0.1, 0.15) is 0 Å². The number of hydrogen-bond donors (Lipinski definition) is 1. The number of nitrogens with two attached hydrogens (primary N) is 1. The smallest absolute Gasteiger partial charge is 0.0351 e. The summed E-state index contributed by atoms with van der Waals surface area (Å²) in [6.45, 7) is 3.59. The summed E-state index contributed by atoms with van der Waals surface area (Å²) in [6, 6.07) is 0.475. The molecule has 1 spiro atoms. The minimum absolute atomic E-state index is 0.475. The Hall–Kier alpha value is 0.210. The molecule has 1 saturated heterocycles. The van der Waals surface area contributed by atoms with E-state index in [2.05, 4.69) is 4.90 Å². The quantitative estimate of drug-likeness (QED) is 0.714. The summed E-state index contributed by atoms with van der Waals surface area (Å²) >= 11 is 5.77. The molecule has 14 heavy (non-hydrogen) atoms. The summed E-state index contributed by atoms with van der Waals surface area (Å²) in [4.78, 5) is 2.52. The maximum absolute atomic E-state index is 5.94. The summed E-state index contributed by atoms with van der Waals surface area (Å²) in [7, 11) is 0. The molecule has 1 heterocycles. The maximum atomic E-state index is 5.94. The van der Waals surface area contributed by atoms with Gasteiger partial charge in [0.2, 0.25) is 0 Å². The molecule has 0 unspecified atom stereocenters. The molecule has 2 rings (SSSR count). The molecule has 0 aromatic rings. The van der Waals surface area contributed by atoms with Crippen molar-refractivity contribution in [3.8, 4) is 0 Å². The normalized spacial score (nSPS) is 39.4. The molecule has 2 N–H and O–H groups in total. The molecule has 2 fully saturated rings. The van der Waals surface area contributed by atoms with Gasteiger partial charge in [-0.2, -0.15) is 0 Å². The molecule has 0 aromatic carbocycles. The summed E-state index contributed by atoms with van der Waals surface area (Å²) in [5.74, 6) is 0.773. The number of nitrogens with zero attached hydrogens (tertiary/aromatic N) is 1. The van der Waals surface area contributed by atoms with Gasteiger partial charge in [0, 0.05) is 25.0 Å². The van der Waals surface area contributed by atoms with Crippen molar-refractivity contribution in [1.29, 1.82) is 0 Å². The molecule has 82 valence electrons. The summed E-state index contributed by atoms with van der Waals surface area (Å²) in [5, 5.41) is 0. The molecule has 0 radical (unpaired) electrons. The predicted molar refractivity (Wildman–Crippen MR) is 60.7 cm³/mol. The van der Waals surface area contributed by atoms with Crippen molar-refractivity contribution in [3.63, 3.8) is 0 Å². The Morgan fingerprint density at radius 3 is 2.64 bits per heavy atom. The summed E-state index contributed by atoms with van der Waals surface area (Å²) in [6.07, 6.45) is 6.51. The molecular weight excluding hydrogens is 196 g/mol. The highest BCUT2D eigenvalue weighted by atomic mass is 35.5. The maximum Gasteiger partial charge on any atom is 0.0351 e. The topological polar surface area (TPSA) is 29.3 Å². The number of hydrogen-bond acceptors (Lipinski definition) is 2. The Morgan fingerprint density at radius 1 is 1.29 bits per heavy atom. The zero-order valence-electron chi connectivity index (χ0n) is 8.84. The molecular formula is C11H21ClN2. The number of likely N-dealkylation sites (tertiary alicyclic amines) is 1. The van der Waals surface area contributed by atoms with Crippen LogP contribution in [0.25, 0.3) is 0 Å². The molecule has 0 aromatic heterocycles. The van der Waals surface area contributed by atoms with Crippen LogP contribution in [0.5, 0.6) is 0 Å². The van der Waals surface area contributed by atoms with E-state index in [4.69, 9.17) is 17.3 Å². The van der Waals surface area contributed by atoms with Crippen molar-refractivity contribution < 1.29 is 0 Å². The second-order valence-corrected chi connectivity index (χ2v) is 5.43. The molecule has 2 aliphatic rings. The monoisotopic (exact) mass is 216 g/mol. The lowest BCUT2D eigenvalue weighted by Gasteiger charge is -2.36. The van der Waals surface area contributed by atoms with E-state index in [1.54, 1.807) is 0 Å². The second-order valence-electron chi connectivity index (χ2n) is 5.05. The highest BCUT2D eigenvalue weighted by Crippen LogP contribution is 2.43. The van der Waals surface area contributed by atoms with Crippen LogP contribution >= 0.6 is 11.6 Å². The summed E-state index contributed by atoms with van der Waals surface area (Å²) < 4.78 is 0. The molecule has 2 nitrogen and oxygen atoms in total. The van der Waals surface area contributed by atoms with E-state index in [1.807, 2.05) is 0 Å². The van der Waals surface area contributed by atoms with Crippen LogP contribution in [0.4, 0.5) is 0 Å². The molecule has 0 amide bonds. The van der Waals surface area contributed by atoms with Crippen LogP contribution in [-0.4, -0.2) is 36.5 Å². The highest BCUT2D eigenvalue weighted by Gasteiger charge is 2.39. The van der Waals surface area contributed by atoms with Gasteiger partial charge in [-0.05, 0) is 44.1 Å². The fourth-order valence-electron chi connectivity index (χ4n) is 3.00. The fraction of sp³-hybridized carbons (Fsp3) is 1.00. The average molecular weight is 217 g/mol. The van der Waals surface area contributed by atoms with E-state index in [0.717, 1.165) is 12.4 Å². The van der Waals surface area contributed by atoms with Crippen LogP contribution in [0.1, 0.15) is 32.1 Å². The van der Waals surface area contributed by atoms with E-state index in [9.17, 15) is 0 Å². The van der Waals surface area contributed by atoms with Crippen molar-refractivity contribution in [3.05, 3.63) is 0 Å². The third-order valence-electron chi connectivity index (χ3n) is 4.01. The molecule has 1 aliphatic carbocycles. The molecule has 1 saturated carbocycles. The Labute approximate surface area is 91.8 Å². The van der Waals surface area contributed by atoms with Crippen LogP contribution in [0.2, 0.25) is 0 Å². The number of rotatable bonds is 2. The molecule has 0 bridgehead atoms. The minimum atomic E-state index is 0.475. The van der Waals surface area contributed by atoms with Crippen LogP contribution in [0.3, 0.4) is 0 Å². The zero-order chi connectivity index (χ0) is 10.0. The van der Waals surface area contributed by atoms with E-state index < -0.39 is 0 Å². The SMILES string of the molecule is NC1CCC2(CC1)CCN(CCCl)C2. The van der Waals surface area contributed by atoms with Gasteiger partial charge in [-0.3, -0.25) is 0 Å². The van der Waals surface area contributed by atoms with Gasteiger partial charge in [-0.1, -0.05) is 0 Å². The zero-order valence-corrected chi connectivity index (χ0v) is 9.60. The minimum Gasteiger partial charge on any atom is -0.328 e. The van der Waals surface area contributed by atoms with Gasteiger partial charge in [0.05, 0.1) is 0 Å². The first-order valence-corrected chi connectivity index (χ1v) is 6.31. The van der Waals surface area contributed by atoms with Crippen molar-refractivity contribution in [2.45, 2.75) is 38.1 Å². The van der Waals surface area contributed by atoms with Crippen molar-refractivity contribution >= 4 is 11.6 Å². The molecule has 3 heteroatoms. The largest absolute Gasteiger partial charge is 0.328 e. The van der Waals surface area contributed by atoms with Gasteiger partial charge < -0.3 is 10.6 Å². The van der Waals surface area contributed by atoms with Crippen LogP contribution < -0.4 is 5.73 Å². The van der Waals surface area contributed by atoms with E-state index in [0.29, 0.717) is 11.5 Å². The Bertz CT molecular complexity index is 188. The van der Waals surface area contributed by atoms with Crippen molar-refractivity contribution in [2.24, 2.45) is 11.1 Å². The Kier molecular flexibility index (Phi) is 3.35. The van der Waals surface area contributed by atoms with Gasteiger partial charge in [0.15, 0.2) is 0 Å². The fourth-order valence-corrected chi connectivity index (χ4v) is 3.24. The lowest BCUT2D eigenvalue weighted by Crippen LogP contribution is -2.36. The van der Waals surface area contributed by atoms with Crippen LogP contribution in [0, 0.1) is 5.41 Å². The van der Waals surface area contributed by atoms with Gasteiger partial charge in [-0.15, -0.1) is 11.6 Å². The van der Waals surface area contributed by atoms with E-state index in [1.165, 1.54) is 45.2 Å². The third-order valence-corrected chi connectivity index (χ3v) is 4.18. The summed E-state index contributed by atoms with van der Waals surface area (Å²) in [5.41, 5.74) is 6.56. The Morgan fingerprint density at radius 2 is 2.00 bits per heavy atom. The lowest BCUT2D eigenvalue weighted by atomic mass is 9.72. The standard InChI is InChI=1S/C11H21ClN2/c12-6-8-14-7-5-11(9-14)3-1-10(13)2-4-11/h10H,1-9,13H2. The average Bonchev–Trinajstić information content (AvgIpc) is 2.56. The first-order valence-electron chi connectivity index (χ1n) is 5.78. The molecule has 1 aliphatic heterocycles. The van der Waals surface area contributed by atoms with Gasteiger partial charge >= 0.3 is 0 Å². The first-order chi connectivity index (χ1) is 6.74. The highest BCUT2D eigenvalue weighted by molar-refractivity contribution is 6.18. The Balaban J connectivity index is 1.86. The van der Waals surface area contributed by atoms with Gasteiger partial charge in [0.25, 0.3) is 0 Å². The van der Waals surface area contributed by atoms with E-state index >= 15 is 0 Å². The molecule has 0 atom stereocenters.